The number of H-pyrrole nitrogens is 1. The van der Waals surface area contributed by atoms with Gasteiger partial charge in [0.25, 0.3) is 5.91 Å². The van der Waals surface area contributed by atoms with E-state index in [0.29, 0.717) is 17.3 Å². The summed E-state index contributed by atoms with van der Waals surface area (Å²) in [6.07, 6.45) is 0.895. The lowest BCUT2D eigenvalue weighted by Crippen LogP contribution is -2.41. The maximum absolute atomic E-state index is 13.2. The van der Waals surface area contributed by atoms with Crippen molar-refractivity contribution < 1.29 is 4.79 Å². The third kappa shape index (κ3) is 3.67. The van der Waals surface area contributed by atoms with E-state index in [0.717, 1.165) is 47.8 Å². The monoisotopic (exact) mass is 398 g/mol. The number of aromatic nitrogens is 2. The third-order valence-corrected chi connectivity index (χ3v) is 5.93. The van der Waals surface area contributed by atoms with Crippen LogP contribution in [0.1, 0.15) is 33.4 Å². The van der Waals surface area contributed by atoms with Gasteiger partial charge in [-0.2, -0.15) is 16.9 Å². The molecule has 1 aromatic carbocycles. The van der Waals surface area contributed by atoms with E-state index < -0.39 is 0 Å². The lowest BCUT2D eigenvalue weighted by Gasteiger charge is -2.35. The predicted molar refractivity (Wildman–Crippen MR) is 104 cm³/mol. The molecule has 134 valence electrons. The molecule has 2 N–H and O–H groups in total. The van der Waals surface area contributed by atoms with Crippen LogP contribution in [0, 0.1) is 0 Å². The fourth-order valence-electron chi connectivity index (χ4n) is 3.35. The first kappa shape index (κ1) is 18.6. The molecule has 1 unspecified atom stereocenters. The molecule has 0 radical (unpaired) electrons. The molecule has 25 heavy (non-hydrogen) atoms. The zero-order chi connectivity index (χ0) is 16.5. The number of nitrogens with zero attached hydrogens (tertiary/aromatic N) is 2. The van der Waals surface area contributed by atoms with E-state index in [9.17, 15) is 4.79 Å². The third-order valence-electron chi connectivity index (χ3n) is 4.65. The highest BCUT2D eigenvalue weighted by Gasteiger charge is 2.32. The van der Waals surface area contributed by atoms with Crippen LogP contribution in [0.15, 0.2) is 24.3 Å². The van der Waals surface area contributed by atoms with Crippen molar-refractivity contribution in [1.29, 1.82) is 0 Å². The molecule has 0 aliphatic carbocycles. The van der Waals surface area contributed by atoms with E-state index in [1.807, 2.05) is 40.9 Å². The Bertz CT molecular complexity index is 750. The number of thioether (sulfide) groups is 1. The standard InChI is InChI=1S/C17H19ClN4OS.ClH/c18-12-3-1-11(2-4-12)15-10-24-8-7-22(15)17(23)16-13-9-19-6-5-14(13)20-21-16;/h1-4,15,19H,5-10H2,(H,20,21);1H. The van der Waals surface area contributed by atoms with Crippen LogP contribution in [-0.4, -0.2) is 45.6 Å². The van der Waals surface area contributed by atoms with E-state index in [2.05, 4.69) is 15.5 Å². The maximum Gasteiger partial charge on any atom is 0.275 e. The zero-order valence-electron chi connectivity index (χ0n) is 13.6. The smallest absolute Gasteiger partial charge is 0.275 e. The molecule has 0 spiro atoms. The maximum atomic E-state index is 13.2. The summed E-state index contributed by atoms with van der Waals surface area (Å²) < 4.78 is 0. The summed E-state index contributed by atoms with van der Waals surface area (Å²) in [5.74, 6) is 1.88. The number of carbonyl (C=O) groups excluding carboxylic acids is 1. The minimum atomic E-state index is 0. The molecule has 1 fully saturated rings. The van der Waals surface area contributed by atoms with E-state index in [4.69, 9.17) is 11.6 Å². The van der Waals surface area contributed by atoms with Gasteiger partial charge in [-0.1, -0.05) is 23.7 Å². The van der Waals surface area contributed by atoms with Gasteiger partial charge in [-0.05, 0) is 17.7 Å². The van der Waals surface area contributed by atoms with Gasteiger partial charge in [0.2, 0.25) is 0 Å². The van der Waals surface area contributed by atoms with Gasteiger partial charge in [-0.15, -0.1) is 12.4 Å². The van der Waals surface area contributed by atoms with Crippen LogP contribution in [0.4, 0.5) is 0 Å². The molecule has 1 aromatic heterocycles. The van der Waals surface area contributed by atoms with Gasteiger partial charge in [0.15, 0.2) is 5.69 Å². The van der Waals surface area contributed by atoms with Crippen molar-refractivity contribution in [1.82, 2.24) is 20.4 Å². The van der Waals surface area contributed by atoms with Crippen LogP contribution in [0.2, 0.25) is 5.02 Å². The minimum absolute atomic E-state index is 0. The van der Waals surface area contributed by atoms with Gasteiger partial charge in [-0.3, -0.25) is 9.89 Å². The molecule has 0 bridgehead atoms. The summed E-state index contributed by atoms with van der Waals surface area (Å²) in [6.45, 7) is 2.38. The highest BCUT2D eigenvalue weighted by Crippen LogP contribution is 2.32. The van der Waals surface area contributed by atoms with Crippen molar-refractivity contribution in [2.24, 2.45) is 0 Å². The number of rotatable bonds is 2. The Hall–Kier alpha value is -1.21. The molecule has 1 saturated heterocycles. The molecule has 2 aliphatic rings. The molecule has 2 aliphatic heterocycles. The first-order chi connectivity index (χ1) is 11.7. The lowest BCUT2D eigenvalue weighted by molar-refractivity contribution is 0.0694. The van der Waals surface area contributed by atoms with Crippen molar-refractivity contribution in [3.8, 4) is 0 Å². The quantitative estimate of drug-likeness (QED) is 0.815. The summed E-state index contributed by atoms with van der Waals surface area (Å²) in [7, 11) is 0. The van der Waals surface area contributed by atoms with E-state index in [1.54, 1.807) is 0 Å². The van der Waals surface area contributed by atoms with Gasteiger partial charge in [0.1, 0.15) is 0 Å². The van der Waals surface area contributed by atoms with Gasteiger partial charge in [0.05, 0.1) is 6.04 Å². The summed E-state index contributed by atoms with van der Waals surface area (Å²) in [5, 5.41) is 11.4. The average Bonchev–Trinajstić information content (AvgIpc) is 3.06. The van der Waals surface area contributed by atoms with Crippen LogP contribution in [0.25, 0.3) is 0 Å². The first-order valence-corrected chi connectivity index (χ1v) is 9.68. The molecule has 0 saturated carbocycles. The van der Waals surface area contributed by atoms with E-state index >= 15 is 0 Å². The number of halogens is 2. The highest BCUT2D eigenvalue weighted by molar-refractivity contribution is 7.99. The van der Waals surface area contributed by atoms with Crippen LogP contribution < -0.4 is 5.32 Å². The number of hydrogen-bond donors (Lipinski definition) is 2. The summed E-state index contributed by atoms with van der Waals surface area (Å²) in [6, 6.07) is 7.87. The molecule has 1 atom stereocenters. The van der Waals surface area contributed by atoms with Gasteiger partial charge in [0, 0.05) is 53.8 Å². The van der Waals surface area contributed by atoms with Crippen molar-refractivity contribution in [2.75, 3.05) is 24.6 Å². The fraction of sp³-hybridized carbons (Fsp3) is 0.412. The molecule has 2 aromatic rings. The molecule has 8 heteroatoms. The fourth-order valence-corrected chi connectivity index (χ4v) is 4.56. The Morgan fingerprint density at radius 3 is 2.92 bits per heavy atom. The number of fused-ring (bicyclic) bond motifs is 1. The van der Waals surface area contributed by atoms with Crippen molar-refractivity contribution in [2.45, 2.75) is 19.0 Å². The van der Waals surface area contributed by atoms with Gasteiger partial charge < -0.3 is 10.2 Å². The van der Waals surface area contributed by atoms with Gasteiger partial charge >= 0.3 is 0 Å². The van der Waals surface area contributed by atoms with Crippen LogP contribution in [0.3, 0.4) is 0 Å². The minimum Gasteiger partial charge on any atom is -0.329 e. The Balaban J connectivity index is 0.00000182. The molecule has 5 nitrogen and oxygen atoms in total. The lowest BCUT2D eigenvalue weighted by atomic mass is 10.0. The van der Waals surface area contributed by atoms with Crippen molar-refractivity contribution >= 4 is 41.7 Å². The Morgan fingerprint density at radius 1 is 1.32 bits per heavy atom. The van der Waals surface area contributed by atoms with Crippen molar-refractivity contribution in [3.63, 3.8) is 0 Å². The number of benzene rings is 1. The van der Waals surface area contributed by atoms with Crippen LogP contribution >= 0.6 is 35.8 Å². The average molecular weight is 399 g/mol. The first-order valence-electron chi connectivity index (χ1n) is 8.15. The zero-order valence-corrected chi connectivity index (χ0v) is 16.0. The van der Waals surface area contributed by atoms with E-state index in [1.165, 1.54) is 0 Å². The Labute approximate surface area is 162 Å². The number of amides is 1. The SMILES string of the molecule is Cl.O=C(c1n[nH]c2c1CNCC2)N1CCSCC1c1ccc(Cl)cc1. The second-order valence-corrected chi connectivity index (χ2v) is 7.68. The van der Waals surface area contributed by atoms with Crippen molar-refractivity contribution in [3.05, 3.63) is 51.8 Å². The largest absolute Gasteiger partial charge is 0.329 e. The number of aromatic amines is 1. The van der Waals surface area contributed by atoms with Gasteiger partial charge in [-0.25, -0.2) is 0 Å². The van der Waals surface area contributed by atoms with Crippen LogP contribution in [0.5, 0.6) is 0 Å². The molecular weight excluding hydrogens is 379 g/mol. The second-order valence-electron chi connectivity index (χ2n) is 6.10. The summed E-state index contributed by atoms with van der Waals surface area (Å²) in [5.41, 5.74) is 3.82. The predicted octanol–water partition coefficient (Wildman–Crippen LogP) is 3.06. The van der Waals surface area contributed by atoms with E-state index in [-0.39, 0.29) is 24.4 Å². The topological polar surface area (TPSA) is 61.0 Å². The molecule has 4 rings (SSSR count). The summed E-state index contributed by atoms with van der Waals surface area (Å²) >= 11 is 7.89. The Kier molecular flexibility index (Phi) is 5.94. The second kappa shape index (κ2) is 7.99. The number of carbonyl (C=O) groups is 1. The molecule has 3 heterocycles. The molecular formula is C17H20Cl2N4OS. The Morgan fingerprint density at radius 2 is 2.12 bits per heavy atom. The normalized spacial score (nSPS) is 19.9. The number of nitrogens with one attached hydrogen (secondary N) is 2. The highest BCUT2D eigenvalue weighted by atomic mass is 35.5. The number of hydrogen-bond acceptors (Lipinski definition) is 4. The van der Waals surface area contributed by atoms with Crippen LogP contribution in [-0.2, 0) is 13.0 Å². The molecule has 1 amide bonds. The summed E-state index contributed by atoms with van der Waals surface area (Å²) in [4.78, 5) is 15.1.